The Morgan fingerprint density at radius 1 is 1.14 bits per heavy atom. The molecule has 182 valence electrons. The molecule has 2 aromatic carbocycles. The standard InChI is InChI=1S/C28H32N4O2S/c1-2-21-9-10-23-20-26(35-25(23)19-21)32(28(29)33)15-4-3-12-30-13-6-14-31(17-16-30)24-8-5-7-22-11-18-34-27(22)24/h1,5,7-10,19-20H,3-4,6,11-18H2,(H2,29,33). The van der Waals surface area contributed by atoms with Gasteiger partial charge in [0, 0.05) is 42.9 Å². The molecule has 0 spiro atoms. The van der Waals surface area contributed by atoms with Gasteiger partial charge >= 0.3 is 6.03 Å². The van der Waals surface area contributed by atoms with Crippen molar-refractivity contribution in [1.82, 2.24) is 4.90 Å². The van der Waals surface area contributed by atoms with Gasteiger partial charge in [-0.15, -0.1) is 17.8 Å². The predicted molar refractivity (Wildman–Crippen MR) is 145 cm³/mol. The zero-order valence-electron chi connectivity index (χ0n) is 20.0. The molecule has 0 aliphatic carbocycles. The number of terminal acetylenes is 1. The number of nitrogens with two attached hydrogens (primary N) is 1. The highest BCUT2D eigenvalue weighted by Gasteiger charge is 2.22. The number of primary amides is 1. The number of carbonyl (C=O) groups excluding carboxylic acids is 1. The molecule has 7 heteroatoms. The fourth-order valence-electron chi connectivity index (χ4n) is 5.06. The Morgan fingerprint density at radius 3 is 2.91 bits per heavy atom. The molecule has 0 radical (unpaired) electrons. The van der Waals surface area contributed by atoms with E-state index in [0.717, 1.165) is 91.4 Å². The topological polar surface area (TPSA) is 62.0 Å². The number of nitrogens with zero attached hydrogens (tertiary/aromatic N) is 3. The fourth-order valence-corrected chi connectivity index (χ4v) is 6.19. The summed E-state index contributed by atoms with van der Waals surface area (Å²) in [5.41, 5.74) is 9.16. The van der Waals surface area contributed by atoms with Crippen molar-refractivity contribution >= 4 is 38.1 Å². The molecule has 1 saturated heterocycles. The van der Waals surface area contributed by atoms with E-state index in [0.29, 0.717) is 6.54 Å². The first-order valence-corrected chi connectivity index (χ1v) is 13.2. The Balaban J connectivity index is 1.13. The van der Waals surface area contributed by atoms with Crippen LogP contribution in [0.3, 0.4) is 0 Å². The van der Waals surface area contributed by atoms with Crippen LogP contribution in [0.15, 0.2) is 42.5 Å². The van der Waals surface area contributed by atoms with Gasteiger partial charge in [-0.3, -0.25) is 4.90 Å². The maximum absolute atomic E-state index is 12.2. The third kappa shape index (κ3) is 5.24. The van der Waals surface area contributed by atoms with E-state index in [1.54, 1.807) is 16.2 Å². The van der Waals surface area contributed by atoms with Crippen LogP contribution in [-0.2, 0) is 6.42 Å². The number of hydrogen-bond donors (Lipinski definition) is 1. The van der Waals surface area contributed by atoms with Crippen molar-refractivity contribution in [2.75, 3.05) is 55.7 Å². The number of amides is 2. The fraction of sp³-hybridized carbons (Fsp3) is 0.393. The smallest absolute Gasteiger partial charge is 0.319 e. The summed E-state index contributed by atoms with van der Waals surface area (Å²) >= 11 is 1.56. The van der Waals surface area contributed by atoms with E-state index in [9.17, 15) is 4.79 Å². The number of benzene rings is 2. The summed E-state index contributed by atoms with van der Waals surface area (Å²) in [6.45, 7) is 6.64. The molecular formula is C28H32N4O2S. The van der Waals surface area contributed by atoms with Crippen LogP contribution in [0.4, 0.5) is 15.5 Å². The first-order valence-electron chi connectivity index (χ1n) is 12.4. The highest BCUT2D eigenvalue weighted by atomic mass is 32.1. The second-order valence-electron chi connectivity index (χ2n) is 9.22. The number of para-hydroxylation sites is 1. The van der Waals surface area contributed by atoms with Gasteiger partial charge in [-0.05, 0) is 67.6 Å². The summed E-state index contributed by atoms with van der Waals surface area (Å²) in [6, 6.07) is 14.1. The van der Waals surface area contributed by atoms with Crippen molar-refractivity contribution in [3.05, 3.63) is 53.6 Å². The van der Waals surface area contributed by atoms with Crippen LogP contribution < -0.4 is 20.3 Å². The molecular weight excluding hydrogens is 456 g/mol. The van der Waals surface area contributed by atoms with E-state index < -0.39 is 6.03 Å². The van der Waals surface area contributed by atoms with Gasteiger partial charge in [-0.25, -0.2) is 4.79 Å². The van der Waals surface area contributed by atoms with Crippen LogP contribution >= 0.6 is 11.3 Å². The Morgan fingerprint density at radius 2 is 2.06 bits per heavy atom. The Kier molecular flexibility index (Phi) is 7.12. The molecule has 1 fully saturated rings. The molecule has 1 aromatic heterocycles. The molecule has 3 aromatic rings. The molecule has 0 atom stereocenters. The third-order valence-corrected chi connectivity index (χ3v) is 8.06. The van der Waals surface area contributed by atoms with Gasteiger partial charge in [0.2, 0.25) is 0 Å². The molecule has 3 heterocycles. The van der Waals surface area contributed by atoms with Gasteiger partial charge in [-0.2, -0.15) is 0 Å². The zero-order valence-corrected chi connectivity index (χ0v) is 20.9. The molecule has 2 amide bonds. The molecule has 2 aliphatic heterocycles. The van der Waals surface area contributed by atoms with Gasteiger partial charge in [-0.1, -0.05) is 24.1 Å². The Hall–Kier alpha value is -3.21. The SMILES string of the molecule is C#Cc1ccc2cc(N(CCCCN3CCCN(c4cccc5c4OCC5)CC3)C(N)=O)sc2c1. The van der Waals surface area contributed by atoms with E-state index >= 15 is 0 Å². The average molecular weight is 489 g/mol. The normalized spacial score (nSPS) is 15.9. The van der Waals surface area contributed by atoms with Crippen molar-refractivity contribution < 1.29 is 9.53 Å². The van der Waals surface area contributed by atoms with Gasteiger partial charge in [0.05, 0.1) is 12.3 Å². The number of carbonyl (C=O) groups is 1. The zero-order chi connectivity index (χ0) is 24.2. The van der Waals surface area contributed by atoms with E-state index in [1.165, 1.54) is 11.3 Å². The quantitative estimate of drug-likeness (QED) is 0.387. The molecule has 2 aliphatic rings. The van der Waals surface area contributed by atoms with Crippen molar-refractivity contribution in [2.45, 2.75) is 25.7 Å². The van der Waals surface area contributed by atoms with Crippen LogP contribution in [0.5, 0.6) is 5.75 Å². The molecule has 2 N–H and O–H groups in total. The van der Waals surface area contributed by atoms with E-state index in [1.807, 2.05) is 24.3 Å². The van der Waals surface area contributed by atoms with E-state index in [4.69, 9.17) is 16.9 Å². The molecule has 5 rings (SSSR count). The first-order chi connectivity index (χ1) is 17.1. The maximum atomic E-state index is 12.2. The van der Waals surface area contributed by atoms with Crippen molar-refractivity contribution in [1.29, 1.82) is 0 Å². The van der Waals surface area contributed by atoms with Gasteiger partial charge < -0.3 is 20.3 Å². The molecule has 0 saturated carbocycles. The average Bonchev–Trinajstić information content (AvgIpc) is 3.44. The van der Waals surface area contributed by atoms with E-state index in [2.05, 4.69) is 33.9 Å². The Labute approximate surface area is 211 Å². The lowest BCUT2D eigenvalue weighted by Gasteiger charge is -2.25. The minimum Gasteiger partial charge on any atom is -0.491 e. The molecule has 35 heavy (non-hydrogen) atoms. The van der Waals surface area contributed by atoms with Crippen molar-refractivity contribution in [2.24, 2.45) is 5.73 Å². The lowest BCUT2D eigenvalue weighted by molar-refractivity contribution is 0.253. The summed E-state index contributed by atoms with van der Waals surface area (Å²) in [7, 11) is 0. The van der Waals surface area contributed by atoms with Gasteiger partial charge in [0.25, 0.3) is 0 Å². The molecule has 0 bridgehead atoms. The summed E-state index contributed by atoms with van der Waals surface area (Å²) in [5, 5.41) is 1.96. The number of urea groups is 1. The highest BCUT2D eigenvalue weighted by Crippen LogP contribution is 2.36. The van der Waals surface area contributed by atoms with Gasteiger partial charge in [0.15, 0.2) is 0 Å². The maximum Gasteiger partial charge on any atom is 0.319 e. The summed E-state index contributed by atoms with van der Waals surface area (Å²) in [4.78, 5) is 18.9. The van der Waals surface area contributed by atoms with Crippen LogP contribution in [0.1, 0.15) is 30.4 Å². The number of hydrogen-bond acceptors (Lipinski definition) is 5. The van der Waals surface area contributed by atoms with Crippen molar-refractivity contribution in [3.8, 4) is 18.1 Å². The number of thiophene rings is 1. The second kappa shape index (κ2) is 10.6. The Bertz CT molecular complexity index is 1250. The number of unbranched alkanes of at least 4 members (excludes halogenated alkanes) is 1. The van der Waals surface area contributed by atoms with Crippen LogP contribution in [0, 0.1) is 12.3 Å². The summed E-state index contributed by atoms with van der Waals surface area (Å²) < 4.78 is 7.01. The predicted octanol–water partition coefficient (Wildman–Crippen LogP) is 4.70. The number of ether oxygens (including phenoxy) is 1. The summed E-state index contributed by atoms with van der Waals surface area (Å²) in [5.74, 6) is 3.76. The second-order valence-corrected chi connectivity index (χ2v) is 10.3. The minimum absolute atomic E-state index is 0.406. The summed E-state index contributed by atoms with van der Waals surface area (Å²) in [6.07, 6.45) is 9.61. The molecule has 6 nitrogen and oxygen atoms in total. The van der Waals surface area contributed by atoms with E-state index in [-0.39, 0.29) is 0 Å². The third-order valence-electron chi connectivity index (χ3n) is 6.93. The van der Waals surface area contributed by atoms with Crippen LogP contribution in [0.2, 0.25) is 0 Å². The number of fused-ring (bicyclic) bond motifs is 2. The van der Waals surface area contributed by atoms with Crippen LogP contribution in [-0.4, -0.2) is 56.8 Å². The monoisotopic (exact) mass is 488 g/mol. The largest absolute Gasteiger partial charge is 0.491 e. The van der Waals surface area contributed by atoms with Gasteiger partial charge in [0.1, 0.15) is 10.8 Å². The lowest BCUT2D eigenvalue weighted by atomic mass is 10.1. The van der Waals surface area contributed by atoms with Crippen molar-refractivity contribution in [3.63, 3.8) is 0 Å². The van der Waals surface area contributed by atoms with Crippen LogP contribution in [0.25, 0.3) is 10.1 Å². The molecule has 0 unspecified atom stereocenters. The highest BCUT2D eigenvalue weighted by molar-refractivity contribution is 7.23. The number of rotatable bonds is 7. The minimum atomic E-state index is -0.406. The lowest BCUT2D eigenvalue weighted by Crippen LogP contribution is -2.36. The first kappa shape index (κ1) is 23.5. The number of anilines is 2.